The molecule has 0 saturated heterocycles. The number of aliphatic imine (C=N–C) groups is 1. The molecule has 0 atom stereocenters. The highest BCUT2D eigenvalue weighted by Gasteiger charge is 2.30. The van der Waals surface area contributed by atoms with E-state index < -0.39 is 11.7 Å². The topological polar surface area (TPSA) is 18.8 Å². The van der Waals surface area contributed by atoms with Gasteiger partial charge in [-0.25, -0.2) is 4.99 Å². The second kappa shape index (κ2) is 8.65. The number of hydrogen-bond donors (Lipinski definition) is 0. The summed E-state index contributed by atoms with van der Waals surface area (Å²) in [5.41, 5.74) is 2.38. The Morgan fingerprint density at radius 2 is 1.85 bits per heavy atom. The smallest absolute Gasteiger partial charge is 0.370 e. The molecule has 0 radical (unpaired) electrons. The standard InChI is InChI=1S/C20H23ClF3N3/c1-5-26(3)13-25-18-9-14(2)19(11-17(18)21)27(4)12-15-7-6-8-16(10-15)20(22,23)24/h6-11,13H,5,12H2,1-4H3. The van der Waals surface area contributed by atoms with Crippen molar-refractivity contribution >= 4 is 29.3 Å². The molecule has 0 N–H and O–H groups in total. The molecule has 146 valence electrons. The fourth-order valence-electron chi connectivity index (χ4n) is 2.61. The number of hydrogen-bond acceptors (Lipinski definition) is 2. The molecule has 0 aliphatic rings. The van der Waals surface area contributed by atoms with Gasteiger partial charge in [-0.05, 0) is 49.2 Å². The van der Waals surface area contributed by atoms with Gasteiger partial charge in [-0.2, -0.15) is 13.2 Å². The van der Waals surface area contributed by atoms with Crippen molar-refractivity contribution in [3.05, 3.63) is 58.1 Å². The van der Waals surface area contributed by atoms with E-state index in [0.717, 1.165) is 23.9 Å². The number of aryl methyl sites for hydroxylation is 1. The summed E-state index contributed by atoms with van der Waals surface area (Å²) < 4.78 is 38.7. The molecule has 0 aromatic heterocycles. The van der Waals surface area contributed by atoms with Gasteiger partial charge in [-0.3, -0.25) is 0 Å². The van der Waals surface area contributed by atoms with Crippen LogP contribution in [0.5, 0.6) is 0 Å². The minimum absolute atomic E-state index is 0.336. The van der Waals surface area contributed by atoms with Crippen LogP contribution in [0.4, 0.5) is 24.5 Å². The van der Waals surface area contributed by atoms with Crippen molar-refractivity contribution < 1.29 is 13.2 Å². The van der Waals surface area contributed by atoms with Crippen molar-refractivity contribution in [2.45, 2.75) is 26.6 Å². The summed E-state index contributed by atoms with van der Waals surface area (Å²) in [6.07, 6.45) is -2.63. The Labute approximate surface area is 163 Å². The van der Waals surface area contributed by atoms with Crippen molar-refractivity contribution in [2.75, 3.05) is 25.5 Å². The maximum atomic E-state index is 12.9. The van der Waals surface area contributed by atoms with Crippen molar-refractivity contribution in [3.8, 4) is 0 Å². The van der Waals surface area contributed by atoms with E-state index in [9.17, 15) is 13.2 Å². The van der Waals surface area contributed by atoms with Gasteiger partial charge >= 0.3 is 6.18 Å². The highest BCUT2D eigenvalue weighted by molar-refractivity contribution is 6.33. The number of anilines is 1. The normalized spacial score (nSPS) is 11.9. The van der Waals surface area contributed by atoms with Crippen LogP contribution in [0.2, 0.25) is 5.02 Å². The van der Waals surface area contributed by atoms with Crippen LogP contribution in [-0.2, 0) is 12.7 Å². The average Bonchev–Trinajstić information content (AvgIpc) is 2.61. The Kier molecular flexibility index (Phi) is 6.76. The summed E-state index contributed by atoms with van der Waals surface area (Å²) in [7, 11) is 3.74. The van der Waals surface area contributed by atoms with Gasteiger partial charge in [0.2, 0.25) is 0 Å². The maximum Gasteiger partial charge on any atom is 0.416 e. The third-order valence-electron chi connectivity index (χ3n) is 4.24. The zero-order chi connectivity index (χ0) is 20.2. The summed E-state index contributed by atoms with van der Waals surface area (Å²) in [5.74, 6) is 0. The van der Waals surface area contributed by atoms with Crippen LogP contribution >= 0.6 is 11.6 Å². The summed E-state index contributed by atoms with van der Waals surface area (Å²) in [6, 6.07) is 9.03. The molecule has 3 nitrogen and oxygen atoms in total. The number of rotatable bonds is 6. The van der Waals surface area contributed by atoms with E-state index in [1.807, 2.05) is 43.8 Å². The second-order valence-electron chi connectivity index (χ2n) is 6.46. The van der Waals surface area contributed by atoms with Crippen LogP contribution in [0.1, 0.15) is 23.6 Å². The highest BCUT2D eigenvalue weighted by atomic mass is 35.5. The van der Waals surface area contributed by atoms with E-state index in [-0.39, 0.29) is 0 Å². The van der Waals surface area contributed by atoms with Gasteiger partial charge < -0.3 is 9.80 Å². The largest absolute Gasteiger partial charge is 0.416 e. The first-order valence-corrected chi connectivity index (χ1v) is 8.91. The molecule has 7 heteroatoms. The monoisotopic (exact) mass is 397 g/mol. The number of nitrogens with zero attached hydrogens (tertiary/aromatic N) is 3. The Morgan fingerprint density at radius 1 is 1.15 bits per heavy atom. The van der Waals surface area contributed by atoms with Crippen molar-refractivity contribution in [1.82, 2.24) is 4.90 Å². The lowest BCUT2D eigenvalue weighted by atomic mass is 10.1. The van der Waals surface area contributed by atoms with Gasteiger partial charge in [0.25, 0.3) is 0 Å². The third-order valence-corrected chi connectivity index (χ3v) is 4.55. The van der Waals surface area contributed by atoms with Gasteiger partial charge in [0.15, 0.2) is 0 Å². The number of benzene rings is 2. The molecular weight excluding hydrogens is 375 g/mol. The van der Waals surface area contributed by atoms with Crippen LogP contribution in [0, 0.1) is 6.92 Å². The van der Waals surface area contributed by atoms with Crippen LogP contribution in [-0.4, -0.2) is 31.9 Å². The van der Waals surface area contributed by atoms with Gasteiger partial charge in [0, 0.05) is 32.9 Å². The van der Waals surface area contributed by atoms with Crippen LogP contribution < -0.4 is 4.90 Å². The minimum atomic E-state index is -4.35. The van der Waals surface area contributed by atoms with E-state index in [1.54, 1.807) is 18.5 Å². The molecule has 2 rings (SSSR count). The Bertz CT molecular complexity index is 819. The molecule has 0 fully saturated rings. The van der Waals surface area contributed by atoms with Gasteiger partial charge in [0.05, 0.1) is 22.6 Å². The minimum Gasteiger partial charge on any atom is -0.370 e. The first-order valence-electron chi connectivity index (χ1n) is 8.53. The lowest BCUT2D eigenvalue weighted by Gasteiger charge is -2.23. The van der Waals surface area contributed by atoms with Crippen LogP contribution in [0.3, 0.4) is 0 Å². The average molecular weight is 398 g/mol. The fraction of sp³-hybridized carbons (Fsp3) is 0.350. The summed E-state index contributed by atoms with van der Waals surface area (Å²) in [4.78, 5) is 8.19. The Hall–Kier alpha value is -2.21. The van der Waals surface area contributed by atoms with Crippen molar-refractivity contribution in [2.24, 2.45) is 4.99 Å². The fourth-order valence-corrected chi connectivity index (χ4v) is 2.82. The first-order chi connectivity index (χ1) is 12.6. The molecule has 0 heterocycles. The van der Waals surface area contributed by atoms with E-state index in [4.69, 9.17) is 11.6 Å². The van der Waals surface area contributed by atoms with Gasteiger partial charge in [-0.15, -0.1) is 0 Å². The van der Waals surface area contributed by atoms with Gasteiger partial charge in [0.1, 0.15) is 0 Å². The molecular formula is C20H23ClF3N3. The Morgan fingerprint density at radius 3 is 2.48 bits per heavy atom. The first kappa shape index (κ1) is 21.1. The van der Waals surface area contributed by atoms with Crippen molar-refractivity contribution in [1.29, 1.82) is 0 Å². The quantitative estimate of drug-likeness (QED) is 0.445. The molecule has 0 unspecified atom stereocenters. The van der Waals surface area contributed by atoms with Crippen molar-refractivity contribution in [3.63, 3.8) is 0 Å². The molecule has 0 amide bonds. The SMILES string of the molecule is CCN(C)C=Nc1cc(C)c(N(C)Cc2cccc(C(F)(F)F)c2)cc1Cl. The zero-order valence-electron chi connectivity index (χ0n) is 15.8. The van der Waals surface area contributed by atoms with E-state index in [0.29, 0.717) is 22.8 Å². The summed E-state index contributed by atoms with van der Waals surface area (Å²) in [5, 5.41) is 0.493. The second-order valence-corrected chi connectivity index (χ2v) is 6.87. The lowest BCUT2D eigenvalue weighted by Crippen LogP contribution is -2.18. The summed E-state index contributed by atoms with van der Waals surface area (Å²) in [6.45, 7) is 5.11. The van der Waals surface area contributed by atoms with E-state index >= 15 is 0 Å². The Balaban J connectivity index is 2.23. The lowest BCUT2D eigenvalue weighted by molar-refractivity contribution is -0.137. The predicted octanol–water partition coefficient (Wildman–Crippen LogP) is 5.92. The molecule has 27 heavy (non-hydrogen) atoms. The molecule has 2 aromatic rings. The zero-order valence-corrected chi connectivity index (χ0v) is 16.6. The van der Waals surface area contributed by atoms with Gasteiger partial charge in [-0.1, -0.05) is 23.7 Å². The highest BCUT2D eigenvalue weighted by Crippen LogP contribution is 2.34. The maximum absolute atomic E-state index is 12.9. The molecule has 2 aromatic carbocycles. The number of alkyl halides is 3. The predicted molar refractivity (Wildman–Crippen MR) is 106 cm³/mol. The molecule has 0 aliphatic heterocycles. The summed E-state index contributed by atoms with van der Waals surface area (Å²) >= 11 is 6.35. The van der Waals surface area contributed by atoms with E-state index in [1.165, 1.54) is 12.1 Å². The molecule has 0 saturated carbocycles. The molecule has 0 spiro atoms. The third kappa shape index (κ3) is 5.63. The van der Waals surface area contributed by atoms with Crippen LogP contribution in [0.25, 0.3) is 0 Å². The molecule has 0 aliphatic carbocycles. The number of halogens is 4. The van der Waals surface area contributed by atoms with E-state index in [2.05, 4.69) is 4.99 Å². The van der Waals surface area contributed by atoms with Crippen LogP contribution in [0.15, 0.2) is 41.4 Å². The molecule has 0 bridgehead atoms.